The van der Waals surface area contributed by atoms with Crippen molar-refractivity contribution in [3.63, 3.8) is 0 Å². The summed E-state index contributed by atoms with van der Waals surface area (Å²) in [4.78, 5) is 13.3. The fourth-order valence-corrected chi connectivity index (χ4v) is 2.93. The molecule has 0 aliphatic carbocycles. The van der Waals surface area contributed by atoms with Crippen LogP contribution in [-0.2, 0) is 11.3 Å². The van der Waals surface area contributed by atoms with Gasteiger partial charge in [-0.3, -0.25) is 9.69 Å². The zero-order valence-corrected chi connectivity index (χ0v) is 13.5. The van der Waals surface area contributed by atoms with Gasteiger partial charge in [0.15, 0.2) is 0 Å². The molecule has 0 amide bonds. The van der Waals surface area contributed by atoms with Gasteiger partial charge in [0.25, 0.3) is 0 Å². The number of aryl methyl sites for hydroxylation is 2. The highest BCUT2D eigenvalue weighted by Gasteiger charge is 2.41. The van der Waals surface area contributed by atoms with Gasteiger partial charge in [0.1, 0.15) is 5.54 Å². The van der Waals surface area contributed by atoms with E-state index in [1.165, 1.54) is 11.1 Å². The Bertz CT molecular complexity index is 740. The van der Waals surface area contributed by atoms with E-state index >= 15 is 0 Å². The number of benzene rings is 1. The van der Waals surface area contributed by atoms with Crippen molar-refractivity contribution >= 4 is 5.97 Å². The minimum atomic E-state index is -1.12. The van der Waals surface area contributed by atoms with Crippen LogP contribution in [0.5, 0.6) is 0 Å². The molecule has 1 fully saturated rings. The van der Waals surface area contributed by atoms with Crippen LogP contribution in [0.3, 0.4) is 0 Å². The second-order valence-electron chi connectivity index (χ2n) is 6.48. The van der Waals surface area contributed by atoms with Crippen LogP contribution in [0.15, 0.2) is 30.6 Å². The maximum atomic E-state index is 11.2. The molecule has 6 heteroatoms. The summed E-state index contributed by atoms with van der Waals surface area (Å²) in [5.41, 5.74) is 9.36. The van der Waals surface area contributed by atoms with Crippen molar-refractivity contribution in [2.24, 2.45) is 5.73 Å². The van der Waals surface area contributed by atoms with Crippen LogP contribution in [0.2, 0.25) is 0 Å². The molecule has 2 aromatic rings. The number of nitrogens with zero attached hydrogens (tertiary/aromatic N) is 3. The molecule has 1 aliphatic heterocycles. The van der Waals surface area contributed by atoms with Gasteiger partial charge in [-0.2, -0.15) is 5.10 Å². The number of aromatic nitrogens is 2. The largest absolute Gasteiger partial charge is 0.480 e. The number of rotatable bonds is 4. The van der Waals surface area contributed by atoms with Crippen molar-refractivity contribution in [2.75, 3.05) is 13.1 Å². The quantitative estimate of drug-likeness (QED) is 0.893. The van der Waals surface area contributed by atoms with Gasteiger partial charge in [-0.25, -0.2) is 4.68 Å². The summed E-state index contributed by atoms with van der Waals surface area (Å²) < 4.78 is 1.85. The van der Waals surface area contributed by atoms with E-state index in [0.29, 0.717) is 26.1 Å². The Labute approximate surface area is 135 Å². The Morgan fingerprint density at radius 1 is 1.39 bits per heavy atom. The standard InChI is InChI=1S/C17H22N4O2/c1-12-3-4-15(7-13(12)2)21-10-14(8-19-21)9-20-6-5-17(18,11-20)16(22)23/h3-4,7-8,10H,5-6,9,11,18H2,1-2H3,(H,22,23). The van der Waals surface area contributed by atoms with Crippen LogP contribution in [0.4, 0.5) is 0 Å². The van der Waals surface area contributed by atoms with E-state index < -0.39 is 11.5 Å². The van der Waals surface area contributed by atoms with Gasteiger partial charge in [0.2, 0.25) is 0 Å². The third kappa shape index (κ3) is 3.13. The van der Waals surface area contributed by atoms with Crippen LogP contribution in [-0.4, -0.2) is 44.4 Å². The Balaban J connectivity index is 1.71. The summed E-state index contributed by atoms with van der Waals surface area (Å²) in [5.74, 6) is -0.925. The molecular weight excluding hydrogens is 292 g/mol. The lowest BCUT2D eigenvalue weighted by atomic mass is 10.0. The molecule has 1 atom stereocenters. The highest BCUT2D eigenvalue weighted by atomic mass is 16.4. The van der Waals surface area contributed by atoms with Gasteiger partial charge in [-0.05, 0) is 43.5 Å². The zero-order valence-electron chi connectivity index (χ0n) is 13.5. The fourth-order valence-electron chi connectivity index (χ4n) is 2.93. The van der Waals surface area contributed by atoms with Gasteiger partial charge in [0, 0.05) is 31.4 Å². The van der Waals surface area contributed by atoms with Crippen LogP contribution in [0, 0.1) is 13.8 Å². The highest BCUT2D eigenvalue weighted by molar-refractivity contribution is 5.79. The molecule has 6 nitrogen and oxygen atoms in total. The first-order valence-electron chi connectivity index (χ1n) is 7.73. The first-order valence-corrected chi connectivity index (χ1v) is 7.73. The number of nitrogens with two attached hydrogens (primary N) is 1. The maximum absolute atomic E-state index is 11.2. The Morgan fingerprint density at radius 2 is 2.17 bits per heavy atom. The van der Waals surface area contributed by atoms with Gasteiger partial charge in [-0.1, -0.05) is 6.07 Å². The van der Waals surface area contributed by atoms with Gasteiger partial charge in [-0.15, -0.1) is 0 Å². The molecule has 0 saturated carbocycles. The molecule has 3 N–H and O–H groups in total. The van der Waals surface area contributed by atoms with E-state index in [9.17, 15) is 9.90 Å². The van der Waals surface area contributed by atoms with Gasteiger partial charge < -0.3 is 10.8 Å². The Kier molecular flexibility index (Phi) is 3.95. The lowest BCUT2D eigenvalue weighted by molar-refractivity contribution is -0.142. The number of hydrogen-bond donors (Lipinski definition) is 2. The molecule has 23 heavy (non-hydrogen) atoms. The summed E-state index contributed by atoms with van der Waals surface area (Å²) >= 11 is 0. The van der Waals surface area contributed by atoms with Crippen molar-refractivity contribution in [1.29, 1.82) is 0 Å². The third-order valence-electron chi connectivity index (χ3n) is 4.60. The van der Waals surface area contributed by atoms with E-state index in [-0.39, 0.29) is 0 Å². The molecule has 2 heterocycles. The smallest absolute Gasteiger partial charge is 0.325 e. The number of aliphatic carboxylic acids is 1. The topological polar surface area (TPSA) is 84.4 Å². The van der Waals surface area contributed by atoms with Crippen LogP contribution >= 0.6 is 0 Å². The first kappa shape index (κ1) is 15.7. The van der Waals surface area contributed by atoms with E-state index in [4.69, 9.17) is 5.73 Å². The maximum Gasteiger partial charge on any atom is 0.325 e. The predicted molar refractivity (Wildman–Crippen MR) is 87.5 cm³/mol. The minimum absolute atomic E-state index is 0.372. The van der Waals surface area contributed by atoms with E-state index in [1.54, 1.807) is 0 Å². The molecular formula is C17H22N4O2. The molecule has 1 aromatic carbocycles. The summed E-state index contributed by atoms with van der Waals surface area (Å²) in [7, 11) is 0. The number of carboxylic acids is 1. The molecule has 1 saturated heterocycles. The van der Waals surface area contributed by atoms with Crippen molar-refractivity contribution < 1.29 is 9.90 Å². The van der Waals surface area contributed by atoms with Crippen LogP contribution < -0.4 is 5.73 Å². The molecule has 122 valence electrons. The molecule has 1 unspecified atom stereocenters. The lowest BCUT2D eigenvalue weighted by Crippen LogP contribution is -2.50. The fraction of sp³-hybridized carbons (Fsp3) is 0.412. The van der Waals surface area contributed by atoms with E-state index in [0.717, 1.165) is 11.3 Å². The Morgan fingerprint density at radius 3 is 2.83 bits per heavy atom. The second kappa shape index (κ2) is 5.79. The SMILES string of the molecule is Cc1ccc(-n2cc(CN3CCC(N)(C(=O)O)C3)cn2)cc1C. The van der Waals surface area contributed by atoms with Crippen LogP contribution in [0.1, 0.15) is 23.1 Å². The summed E-state index contributed by atoms with van der Waals surface area (Å²) in [6, 6.07) is 6.24. The molecule has 0 bridgehead atoms. The molecule has 1 aliphatic rings. The summed E-state index contributed by atoms with van der Waals surface area (Å²) in [5, 5.41) is 13.6. The van der Waals surface area contributed by atoms with Crippen molar-refractivity contribution in [1.82, 2.24) is 14.7 Å². The second-order valence-corrected chi connectivity index (χ2v) is 6.48. The number of carboxylic acid groups (broad SMARTS) is 1. The lowest BCUT2D eigenvalue weighted by Gasteiger charge is -2.19. The third-order valence-corrected chi connectivity index (χ3v) is 4.60. The predicted octanol–water partition coefficient (Wildman–Crippen LogP) is 1.48. The highest BCUT2D eigenvalue weighted by Crippen LogP contribution is 2.21. The number of hydrogen-bond acceptors (Lipinski definition) is 4. The zero-order chi connectivity index (χ0) is 16.6. The van der Waals surface area contributed by atoms with Gasteiger partial charge >= 0.3 is 5.97 Å². The van der Waals surface area contributed by atoms with Crippen molar-refractivity contribution in [3.8, 4) is 5.69 Å². The van der Waals surface area contributed by atoms with Crippen molar-refractivity contribution in [3.05, 3.63) is 47.3 Å². The minimum Gasteiger partial charge on any atom is -0.480 e. The Hall–Kier alpha value is -2.18. The summed E-state index contributed by atoms with van der Waals surface area (Å²) in [6.45, 7) is 5.90. The van der Waals surface area contributed by atoms with Crippen molar-refractivity contribution in [2.45, 2.75) is 32.4 Å². The normalized spacial score (nSPS) is 21.7. The molecule has 1 aromatic heterocycles. The molecule has 3 rings (SSSR count). The summed E-state index contributed by atoms with van der Waals surface area (Å²) in [6.07, 6.45) is 4.29. The van der Waals surface area contributed by atoms with E-state index in [1.807, 2.05) is 23.1 Å². The average molecular weight is 314 g/mol. The van der Waals surface area contributed by atoms with Crippen LogP contribution in [0.25, 0.3) is 5.69 Å². The molecule has 0 spiro atoms. The number of likely N-dealkylation sites (tertiary alicyclic amines) is 1. The first-order chi connectivity index (χ1) is 10.9. The van der Waals surface area contributed by atoms with Gasteiger partial charge in [0.05, 0.1) is 11.9 Å². The average Bonchev–Trinajstić information content (AvgIpc) is 3.10. The monoisotopic (exact) mass is 314 g/mol. The number of carbonyl (C=O) groups is 1. The van der Waals surface area contributed by atoms with E-state index in [2.05, 4.69) is 36.0 Å². The molecule has 0 radical (unpaired) electrons.